The normalized spacial score (nSPS) is 11.2. The van der Waals surface area contributed by atoms with Gasteiger partial charge >= 0.3 is 0 Å². The fraction of sp³-hybridized carbons (Fsp3) is 0.286. The van der Waals surface area contributed by atoms with E-state index in [1.165, 1.54) is 0 Å². The molecule has 0 aliphatic rings. The number of rotatable bonds is 7. The van der Waals surface area contributed by atoms with Gasteiger partial charge in [-0.2, -0.15) is 0 Å². The molecule has 1 heterocycles. The molecule has 0 aliphatic carbocycles. The molecule has 0 amide bonds. The van der Waals surface area contributed by atoms with Gasteiger partial charge in [-0.1, -0.05) is 18.2 Å². The van der Waals surface area contributed by atoms with Gasteiger partial charge in [-0.25, -0.2) is 0 Å². The topological polar surface area (TPSA) is 76.8 Å². The third-order valence-corrected chi connectivity index (χ3v) is 4.53. The number of ether oxygens (including phenoxy) is 2. The van der Waals surface area contributed by atoms with E-state index in [0.29, 0.717) is 13.1 Å². The largest absolute Gasteiger partial charge is 0.497 e. The molecule has 0 aliphatic heterocycles. The van der Waals surface area contributed by atoms with Crippen molar-refractivity contribution in [1.29, 1.82) is 0 Å². The predicted octanol–water partition coefficient (Wildman–Crippen LogP) is 2.49. The molecule has 8 heteroatoms. The summed E-state index contributed by atoms with van der Waals surface area (Å²) < 4.78 is 12.7. The highest BCUT2D eigenvalue weighted by molar-refractivity contribution is 5.79. The molecule has 29 heavy (non-hydrogen) atoms. The molecule has 0 spiro atoms. The van der Waals surface area contributed by atoms with E-state index in [1.807, 2.05) is 65.0 Å². The third-order valence-electron chi connectivity index (χ3n) is 4.53. The van der Waals surface area contributed by atoms with E-state index in [-0.39, 0.29) is 0 Å². The zero-order chi connectivity index (χ0) is 20.6. The van der Waals surface area contributed by atoms with Crippen molar-refractivity contribution in [2.45, 2.75) is 13.1 Å². The maximum absolute atomic E-state index is 5.50. The van der Waals surface area contributed by atoms with Crippen molar-refractivity contribution in [3.63, 3.8) is 0 Å². The van der Waals surface area contributed by atoms with E-state index in [2.05, 4.69) is 20.5 Å². The van der Waals surface area contributed by atoms with Crippen molar-refractivity contribution in [2.75, 3.05) is 28.3 Å². The fourth-order valence-electron chi connectivity index (χ4n) is 3.04. The van der Waals surface area contributed by atoms with Crippen LogP contribution in [0.3, 0.4) is 0 Å². The highest BCUT2D eigenvalue weighted by atomic mass is 16.5. The van der Waals surface area contributed by atoms with Gasteiger partial charge in [0.05, 0.1) is 20.8 Å². The Kier molecular flexibility index (Phi) is 6.67. The number of nitrogens with zero attached hydrogens (tertiary/aromatic N) is 5. The molecular formula is C21H26N6O2. The quantitative estimate of drug-likeness (QED) is 0.490. The Hall–Kier alpha value is -3.55. The van der Waals surface area contributed by atoms with Crippen LogP contribution in [0.15, 0.2) is 59.9 Å². The Morgan fingerprint density at radius 3 is 2.62 bits per heavy atom. The Morgan fingerprint density at radius 2 is 1.93 bits per heavy atom. The van der Waals surface area contributed by atoms with Gasteiger partial charge in [-0.3, -0.25) is 9.56 Å². The van der Waals surface area contributed by atoms with Crippen LogP contribution in [0, 0.1) is 0 Å². The summed E-state index contributed by atoms with van der Waals surface area (Å²) in [7, 11) is 7.02. The number of methoxy groups -OCH3 is 2. The lowest BCUT2D eigenvalue weighted by atomic mass is 10.2. The molecule has 0 saturated heterocycles. The zero-order valence-corrected chi connectivity index (χ0v) is 17.2. The molecule has 3 rings (SSSR count). The van der Waals surface area contributed by atoms with Crippen LogP contribution >= 0.6 is 0 Å². The number of aromatic nitrogens is 3. The van der Waals surface area contributed by atoms with E-state index in [0.717, 1.165) is 34.5 Å². The van der Waals surface area contributed by atoms with Crippen LogP contribution in [0.4, 0.5) is 0 Å². The van der Waals surface area contributed by atoms with Gasteiger partial charge in [0.1, 0.15) is 17.8 Å². The molecular weight excluding hydrogens is 368 g/mol. The highest BCUT2D eigenvalue weighted by Gasteiger charge is 2.13. The summed E-state index contributed by atoms with van der Waals surface area (Å²) >= 11 is 0. The summed E-state index contributed by atoms with van der Waals surface area (Å²) in [5.41, 5.74) is 2.05. The molecule has 1 N–H and O–H groups in total. The molecule has 0 atom stereocenters. The Morgan fingerprint density at radius 1 is 1.14 bits per heavy atom. The van der Waals surface area contributed by atoms with E-state index in [4.69, 9.17) is 9.47 Å². The van der Waals surface area contributed by atoms with E-state index < -0.39 is 0 Å². The second-order valence-corrected chi connectivity index (χ2v) is 6.39. The van der Waals surface area contributed by atoms with Crippen molar-refractivity contribution >= 4 is 5.96 Å². The van der Waals surface area contributed by atoms with Gasteiger partial charge in [0.2, 0.25) is 0 Å². The van der Waals surface area contributed by atoms with Crippen molar-refractivity contribution in [3.05, 3.63) is 66.2 Å². The van der Waals surface area contributed by atoms with Crippen LogP contribution in [0.25, 0.3) is 5.69 Å². The first-order valence-electron chi connectivity index (χ1n) is 9.23. The lowest BCUT2D eigenvalue weighted by molar-refractivity contribution is 0.382. The Bertz CT molecular complexity index is 955. The number of benzene rings is 2. The predicted molar refractivity (Wildman–Crippen MR) is 113 cm³/mol. The molecule has 0 fully saturated rings. The van der Waals surface area contributed by atoms with Crippen molar-refractivity contribution in [1.82, 2.24) is 25.0 Å². The van der Waals surface area contributed by atoms with Crippen LogP contribution in [-0.4, -0.2) is 53.9 Å². The molecule has 8 nitrogen and oxygen atoms in total. The highest BCUT2D eigenvalue weighted by Crippen LogP contribution is 2.25. The summed E-state index contributed by atoms with van der Waals surface area (Å²) in [6.07, 6.45) is 1.71. The average molecular weight is 394 g/mol. The van der Waals surface area contributed by atoms with Gasteiger partial charge in [0, 0.05) is 38.0 Å². The maximum Gasteiger partial charge on any atom is 0.194 e. The van der Waals surface area contributed by atoms with E-state index >= 15 is 0 Å². The Labute approximate surface area is 170 Å². The van der Waals surface area contributed by atoms with Gasteiger partial charge in [0.15, 0.2) is 11.8 Å². The minimum absolute atomic E-state index is 0.492. The first-order chi connectivity index (χ1) is 14.2. The maximum atomic E-state index is 5.50. The number of hydrogen-bond donors (Lipinski definition) is 1. The standard InChI is InChI=1S/C21H26N6O2/c1-22-21(26(2)14-16-10-11-18(28-3)12-19(16)29-4)23-13-20-25-24-15-27(20)17-8-6-5-7-9-17/h5-12,15H,13-14H2,1-4H3,(H,22,23). The molecule has 152 valence electrons. The summed E-state index contributed by atoms with van der Waals surface area (Å²) in [5, 5.41) is 11.6. The van der Waals surface area contributed by atoms with Crippen LogP contribution < -0.4 is 14.8 Å². The molecule has 0 radical (unpaired) electrons. The molecule has 2 aromatic carbocycles. The van der Waals surface area contributed by atoms with Crippen molar-refractivity contribution in [2.24, 2.45) is 4.99 Å². The smallest absolute Gasteiger partial charge is 0.194 e. The molecule has 0 unspecified atom stereocenters. The third kappa shape index (κ3) is 4.84. The first-order valence-corrected chi connectivity index (χ1v) is 9.23. The molecule has 1 aromatic heterocycles. The second kappa shape index (κ2) is 9.59. The minimum atomic E-state index is 0.492. The number of para-hydroxylation sites is 1. The van der Waals surface area contributed by atoms with Gasteiger partial charge in [0.25, 0.3) is 0 Å². The van der Waals surface area contributed by atoms with Crippen LogP contribution in [0.1, 0.15) is 11.4 Å². The van der Waals surface area contributed by atoms with Gasteiger partial charge < -0.3 is 19.7 Å². The van der Waals surface area contributed by atoms with E-state index in [1.54, 1.807) is 27.6 Å². The fourth-order valence-corrected chi connectivity index (χ4v) is 3.04. The number of aliphatic imine (C=N–C) groups is 1. The SMILES string of the molecule is CN=C(NCc1nncn1-c1ccccc1)N(C)Cc1ccc(OC)cc1OC. The number of hydrogen-bond acceptors (Lipinski definition) is 5. The van der Waals surface area contributed by atoms with Crippen LogP contribution in [0.5, 0.6) is 11.5 Å². The second-order valence-electron chi connectivity index (χ2n) is 6.39. The summed E-state index contributed by atoms with van der Waals surface area (Å²) in [6, 6.07) is 15.8. The van der Waals surface area contributed by atoms with Crippen LogP contribution in [0.2, 0.25) is 0 Å². The monoisotopic (exact) mass is 394 g/mol. The van der Waals surface area contributed by atoms with Gasteiger partial charge in [-0.05, 0) is 24.3 Å². The molecule has 0 bridgehead atoms. The zero-order valence-electron chi connectivity index (χ0n) is 17.2. The van der Waals surface area contributed by atoms with Gasteiger partial charge in [-0.15, -0.1) is 10.2 Å². The first kappa shape index (κ1) is 20.2. The van der Waals surface area contributed by atoms with E-state index in [9.17, 15) is 0 Å². The average Bonchev–Trinajstić information content (AvgIpc) is 3.23. The van der Waals surface area contributed by atoms with Crippen molar-refractivity contribution in [3.8, 4) is 17.2 Å². The summed E-state index contributed by atoms with van der Waals surface area (Å²) in [4.78, 5) is 6.41. The van der Waals surface area contributed by atoms with Crippen molar-refractivity contribution < 1.29 is 9.47 Å². The lowest BCUT2D eigenvalue weighted by Crippen LogP contribution is -2.38. The number of nitrogens with one attached hydrogen (secondary N) is 1. The number of guanidine groups is 1. The lowest BCUT2D eigenvalue weighted by Gasteiger charge is -2.23. The molecule has 3 aromatic rings. The Balaban J connectivity index is 1.68. The molecule has 0 saturated carbocycles. The summed E-state index contributed by atoms with van der Waals surface area (Å²) in [5.74, 6) is 3.07. The summed E-state index contributed by atoms with van der Waals surface area (Å²) in [6.45, 7) is 1.11. The van der Waals surface area contributed by atoms with Crippen LogP contribution in [-0.2, 0) is 13.1 Å². The minimum Gasteiger partial charge on any atom is -0.497 e.